The Kier molecular flexibility index (Phi) is 8.31. The number of halogens is 3. The average Bonchev–Trinajstić information content (AvgIpc) is 3.09. The Bertz CT molecular complexity index is 951. The number of aromatic nitrogens is 1. The largest absolute Gasteiger partial charge is 0.484 e. The highest BCUT2D eigenvalue weighted by Gasteiger charge is 2.21. The van der Waals surface area contributed by atoms with Crippen LogP contribution in [0, 0.1) is 11.6 Å². The van der Waals surface area contributed by atoms with Gasteiger partial charge in [-0.05, 0) is 63.5 Å². The molecule has 0 spiro atoms. The third-order valence-electron chi connectivity index (χ3n) is 4.05. The molecule has 1 heterocycles. The average molecular weight is 442 g/mol. The maximum Gasteiger partial charge on any atom is 0.266 e. The molecule has 1 amide bonds. The number of rotatable bonds is 8. The fourth-order valence-corrected chi connectivity index (χ4v) is 3.67. The third-order valence-corrected chi connectivity index (χ3v) is 5.10. The van der Waals surface area contributed by atoms with Gasteiger partial charge in [-0.3, -0.25) is 9.69 Å². The summed E-state index contributed by atoms with van der Waals surface area (Å²) in [5.41, 5.74) is 0.257. The molecule has 0 atom stereocenters. The van der Waals surface area contributed by atoms with Crippen LogP contribution in [-0.4, -0.2) is 49.6 Å². The molecule has 0 fully saturated rings. The molecule has 0 aliphatic rings. The lowest BCUT2D eigenvalue weighted by Gasteiger charge is -2.21. The van der Waals surface area contributed by atoms with E-state index in [4.69, 9.17) is 4.74 Å². The Hall–Kier alpha value is -2.29. The zero-order valence-electron chi connectivity index (χ0n) is 16.1. The molecule has 1 aromatic heterocycles. The number of anilines is 1. The molecule has 2 aromatic carbocycles. The van der Waals surface area contributed by atoms with Gasteiger partial charge in [-0.25, -0.2) is 13.8 Å². The monoisotopic (exact) mass is 441 g/mol. The van der Waals surface area contributed by atoms with Crippen molar-refractivity contribution >= 4 is 45.0 Å². The molecule has 0 bridgehead atoms. The van der Waals surface area contributed by atoms with E-state index in [1.54, 1.807) is 12.1 Å². The van der Waals surface area contributed by atoms with Gasteiger partial charge in [-0.15, -0.1) is 12.4 Å². The molecule has 0 saturated carbocycles. The van der Waals surface area contributed by atoms with Gasteiger partial charge in [0.2, 0.25) is 0 Å². The summed E-state index contributed by atoms with van der Waals surface area (Å²) < 4.78 is 33.2. The molecule has 0 N–H and O–H groups in total. The molecular formula is C20H22ClF2N3O2S. The van der Waals surface area contributed by atoms with Crippen molar-refractivity contribution in [2.24, 2.45) is 0 Å². The number of carbonyl (C=O) groups excluding carboxylic acids is 1. The number of ether oxygens (including phenoxy) is 1. The highest BCUT2D eigenvalue weighted by Crippen LogP contribution is 2.30. The molecular weight excluding hydrogens is 420 g/mol. The van der Waals surface area contributed by atoms with Crippen molar-refractivity contribution in [1.29, 1.82) is 0 Å². The lowest BCUT2D eigenvalue weighted by Crippen LogP contribution is -2.36. The van der Waals surface area contributed by atoms with Crippen molar-refractivity contribution in [2.75, 3.05) is 38.7 Å². The van der Waals surface area contributed by atoms with Crippen molar-refractivity contribution < 1.29 is 18.3 Å². The fraction of sp³-hybridized carbons (Fsp3) is 0.300. The summed E-state index contributed by atoms with van der Waals surface area (Å²) >= 11 is 1.27. The summed E-state index contributed by atoms with van der Waals surface area (Å²) in [6, 6.07) is 10.2. The number of hydrogen-bond donors (Lipinski definition) is 0. The van der Waals surface area contributed by atoms with Crippen LogP contribution in [0.1, 0.15) is 6.42 Å². The minimum Gasteiger partial charge on any atom is -0.484 e. The number of benzene rings is 2. The van der Waals surface area contributed by atoms with E-state index in [-0.39, 0.29) is 36.3 Å². The van der Waals surface area contributed by atoms with Gasteiger partial charge in [0.15, 0.2) is 11.7 Å². The van der Waals surface area contributed by atoms with Crippen molar-refractivity contribution in [2.45, 2.75) is 6.42 Å². The number of para-hydroxylation sites is 1. The van der Waals surface area contributed by atoms with Crippen LogP contribution >= 0.6 is 23.7 Å². The first kappa shape index (κ1) is 23.0. The van der Waals surface area contributed by atoms with E-state index in [2.05, 4.69) is 4.98 Å². The van der Waals surface area contributed by atoms with Gasteiger partial charge in [-0.1, -0.05) is 17.4 Å². The van der Waals surface area contributed by atoms with E-state index < -0.39 is 5.82 Å². The first-order valence-corrected chi connectivity index (χ1v) is 9.64. The van der Waals surface area contributed by atoms with Gasteiger partial charge >= 0.3 is 0 Å². The number of thiazole rings is 1. The molecule has 0 aliphatic heterocycles. The molecule has 0 radical (unpaired) electrons. The lowest BCUT2D eigenvalue weighted by molar-refractivity contribution is -0.120. The van der Waals surface area contributed by atoms with E-state index in [1.165, 1.54) is 46.6 Å². The van der Waals surface area contributed by atoms with E-state index in [0.717, 1.165) is 13.0 Å². The Morgan fingerprint density at radius 3 is 2.48 bits per heavy atom. The molecule has 9 heteroatoms. The van der Waals surface area contributed by atoms with Crippen molar-refractivity contribution in [3.05, 3.63) is 54.1 Å². The SMILES string of the molecule is CN(C)CCCN(C(=O)COc1ccc(F)cc1)c1nc2c(F)cccc2s1.Cl. The maximum absolute atomic E-state index is 14.0. The zero-order chi connectivity index (χ0) is 20.1. The fourth-order valence-electron chi connectivity index (χ4n) is 2.64. The van der Waals surface area contributed by atoms with E-state index in [0.29, 0.717) is 22.1 Å². The second-order valence-corrected chi connectivity index (χ2v) is 7.54. The standard InChI is InChI=1S/C20H21F2N3O2S.ClH/c1-24(2)11-4-12-25(18(26)13-27-15-9-7-14(21)8-10-15)20-23-19-16(22)5-3-6-17(19)28-20;/h3,5-10H,4,11-13H2,1-2H3;1H. The Morgan fingerprint density at radius 2 is 1.83 bits per heavy atom. The number of nitrogens with zero attached hydrogens (tertiary/aromatic N) is 3. The van der Waals surface area contributed by atoms with Gasteiger partial charge in [0, 0.05) is 6.54 Å². The maximum atomic E-state index is 14.0. The van der Waals surface area contributed by atoms with Crippen LogP contribution in [0.5, 0.6) is 5.75 Å². The predicted octanol–water partition coefficient (Wildman–Crippen LogP) is 4.36. The highest BCUT2D eigenvalue weighted by atomic mass is 35.5. The summed E-state index contributed by atoms with van der Waals surface area (Å²) in [6.07, 6.45) is 0.730. The van der Waals surface area contributed by atoms with E-state index in [9.17, 15) is 13.6 Å². The van der Waals surface area contributed by atoms with Crippen LogP contribution in [0.25, 0.3) is 10.2 Å². The van der Waals surface area contributed by atoms with Crippen LogP contribution in [0.2, 0.25) is 0 Å². The molecule has 5 nitrogen and oxygen atoms in total. The second kappa shape index (κ2) is 10.5. The minimum atomic E-state index is -0.414. The van der Waals surface area contributed by atoms with Crippen LogP contribution < -0.4 is 9.64 Å². The molecule has 3 rings (SSSR count). The molecule has 29 heavy (non-hydrogen) atoms. The number of amides is 1. The Morgan fingerprint density at radius 1 is 1.10 bits per heavy atom. The number of carbonyl (C=O) groups is 1. The third kappa shape index (κ3) is 6.09. The van der Waals surface area contributed by atoms with Crippen molar-refractivity contribution in [3.8, 4) is 5.75 Å². The summed E-state index contributed by atoms with van der Waals surface area (Å²) in [5.74, 6) is -0.676. The number of fused-ring (bicyclic) bond motifs is 1. The van der Waals surface area contributed by atoms with Crippen LogP contribution in [0.15, 0.2) is 42.5 Å². The molecule has 0 saturated heterocycles. The first-order valence-electron chi connectivity index (χ1n) is 8.82. The normalized spacial score (nSPS) is 10.8. The van der Waals surface area contributed by atoms with Gasteiger partial charge in [0.1, 0.15) is 22.9 Å². The van der Waals surface area contributed by atoms with Crippen molar-refractivity contribution in [1.82, 2.24) is 9.88 Å². The van der Waals surface area contributed by atoms with Gasteiger partial charge in [0.05, 0.1) is 4.70 Å². The summed E-state index contributed by atoms with van der Waals surface area (Å²) in [5, 5.41) is 0.437. The lowest BCUT2D eigenvalue weighted by atomic mass is 10.3. The quantitative estimate of drug-likeness (QED) is 0.521. The number of hydrogen-bond acceptors (Lipinski definition) is 5. The van der Waals surface area contributed by atoms with Gasteiger partial charge in [0.25, 0.3) is 5.91 Å². The zero-order valence-corrected chi connectivity index (χ0v) is 17.7. The smallest absolute Gasteiger partial charge is 0.266 e. The molecule has 3 aromatic rings. The molecule has 0 aliphatic carbocycles. The van der Waals surface area contributed by atoms with E-state index >= 15 is 0 Å². The minimum absolute atomic E-state index is 0. The molecule has 156 valence electrons. The Labute approximate surface area is 178 Å². The van der Waals surface area contributed by atoms with Crippen LogP contribution in [-0.2, 0) is 4.79 Å². The Balaban J connectivity index is 0.00000300. The van der Waals surface area contributed by atoms with E-state index in [1.807, 2.05) is 19.0 Å². The van der Waals surface area contributed by atoms with Crippen LogP contribution in [0.3, 0.4) is 0 Å². The molecule has 0 unspecified atom stereocenters. The first-order chi connectivity index (χ1) is 13.4. The van der Waals surface area contributed by atoms with Crippen molar-refractivity contribution in [3.63, 3.8) is 0 Å². The highest BCUT2D eigenvalue weighted by molar-refractivity contribution is 7.22. The summed E-state index contributed by atoms with van der Waals surface area (Å²) in [4.78, 5) is 20.7. The van der Waals surface area contributed by atoms with Gasteiger partial charge < -0.3 is 9.64 Å². The topological polar surface area (TPSA) is 45.7 Å². The summed E-state index contributed by atoms with van der Waals surface area (Å²) in [7, 11) is 3.91. The van der Waals surface area contributed by atoms with Gasteiger partial charge in [-0.2, -0.15) is 0 Å². The second-order valence-electron chi connectivity index (χ2n) is 6.53. The predicted molar refractivity (Wildman–Crippen MR) is 114 cm³/mol. The van der Waals surface area contributed by atoms with Crippen LogP contribution in [0.4, 0.5) is 13.9 Å². The summed E-state index contributed by atoms with van der Waals surface area (Å²) in [6.45, 7) is 1.01.